The van der Waals surface area contributed by atoms with Crippen LogP contribution in [0.2, 0.25) is 5.02 Å². The molecule has 2 N–H and O–H groups in total. The number of nitro benzene ring substituents is 1. The van der Waals surface area contributed by atoms with Gasteiger partial charge in [0.05, 0.1) is 21.9 Å². The van der Waals surface area contributed by atoms with Gasteiger partial charge in [0.2, 0.25) is 0 Å². The minimum atomic E-state index is -0.499. The number of carbonyl (C=O) groups excluding carboxylic acids is 1. The second-order valence-electron chi connectivity index (χ2n) is 5.76. The van der Waals surface area contributed by atoms with E-state index in [1.165, 1.54) is 18.3 Å². The fraction of sp³-hybridized carbons (Fsp3) is 0. The molecule has 27 heavy (non-hydrogen) atoms. The van der Waals surface area contributed by atoms with E-state index in [4.69, 9.17) is 11.6 Å². The van der Waals surface area contributed by atoms with Crippen LogP contribution in [0.3, 0.4) is 0 Å². The van der Waals surface area contributed by atoms with Crippen LogP contribution < -0.4 is 5.32 Å². The molecule has 0 aliphatic rings. The normalized spacial score (nSPS) is 10.9. The van der Waals surface area contributed by atoms with E-state index in [1.807, 2.05) is 0 Å². The molecule has 0 aliphatic carbocycles. The summed E-state index contributed by atoms with van der Waals surface area (Å²) in [4.78, 5) is 26.3. The lowest BCUT2D eigenvalue weighted by Gasteiger charge is -2.11. The summed E-state index contributed by atoms with van der Waals surface area (Å²) in [5.41, 5.74) is 1.94. The van der Waals surface area contributed by atoms with E-state index >= 15 is 0 Å². The molecule has 1 amide bonds. The topological polar surface area (TPSA) is 106 Å². The lowest BCUT2D eigenvalue weighted by atomic mass is 10.1. The van der Waals surface area contributed by atoms with Crippen LogP contribution >= 0.6 is 11.6 Å². The van der Waals surface area contributed by atoms with Crippen LogP contribution in [0.15, 0.2) is 61.1 Å². The number of H-pyrrole nitrogens is 1. The zero-order valence-corrected chi connectivity index (χ0v) is 14.5. The van der Waals surface area contributed by atoms with Crippen molar-refractivity contribution in [2.24, 2.45) is 0 Å². The van der Waals surface area contributed by atoms with Gasteiger partial charge in [-0.1, -0.05) is 11.6 Å². The predicted molar refractivity (Wildman–Crippen MR) is 101 cm³/mol. The molecule has 9 heteroatoms. The largest absolute Gasteiger partial charge is 0.360 e. The van der Waals surface area contributed by atoms with Crippen LogP contribution in [-0.2, 0) is 0 Å². The zero-order valence-electron chi connectivity index (χ0n) is 13.7. The fourth-order valence-electron chi connectivity index (χ4n) is 2.82. The molecule has 4 aromatic rings. The number of hydrogen-bond donors (Lipinski definition) is 2. The molecule has 0 saturated heterocycles. The molecule has 8 nitrogen and oxygen atoms in total. The summed E-state index contributed by atoms with van der Waals surface area (Å²) in [6.45, 7) is 0. The van der Waals surface area contributed by atoms with Crippen molar-refractivity contribution < 1.29 is 9.72 Å². The summed E-state index contributed by atoms with van der Waals surface area (Å²) in [7, 11) is 0. The van der Waals surface area contributed by atoms with Crippen LogP contribution in [0.4, 0.5) is 11.4 Å². The molecular weight excluding hydrogens is 370 g/mol. The van der Waals surface area contributed by atoms with Crippen LogP contribution in [-0.4, -0.2) is 25.6 Å². The maximum atomic E-state index is 12.8. The average molecular weight is 382 g/mol. The van der Waals surface area contributed by atoms with E-state index in [0.29, 0.717) is 32.9 Å². The van der Waals surface area contributed by atoms with E-state index in [2.05, 4.69) is 15.4 Å². The number of carbonyl (C=O) groups is 1. The quantitative estimate of drug-likeness (QED) is 0.408. The smallest absolute Gasteiger partial charge is 0.270 e. The number of benzene rings is 2. The second-order valence-corrected chi connectivity index (χ2v) is 6.19. The number of aromatic nitrogens is 3. The number of anilines is 1. The summed E-state index contributed by atoms with van der Waals surface area (Å²) in [5, 5.41) is 18.9. The number of aromatic amines is 1. The molecule has 2 aromatic carbocycles. The number of non-ortho nitro benzene ring substituents is 1. The van der Waals surface area contributed by atoms with Crippen LogP contribution in [0.25, 0.3) is 16.6 Å². The summed E-state index contributed by atoms with van der Waals surface area (Å²) < 4.78 is 1.60. The Labute approximate surface area is 157 Å². The number of halogens is 1. The lowest BCUT2D eigenvalue weighted by Crippen LogP contribution is -2.13. The van der Waals surface area contributed by atoms with Crippen LogP contribution in [0, 0.1) is 10.1 Å². The maximum Gasteiger partial charge on any atom is 0.270 e. The van der Waals surface area contributed by atoms with Gasteiger partial charge in [-0.25, -0.2) is 4.68 Å². The second kappa shape index (κ2) is 6.58. The monoisotopic (exact) mass is 381 g/mol. The number of hydrogen-bond acceptors (Lipinski definition) is 4. The maximum absolute atomic E-state index is 12.8. The molecule has 0 unspecified atom stereocenters. The van der Waals surface area contributed by atoms with Crippen molar-refractivity contribution in [2.45, 2.75) is 0 Å². The van der Waals surface area contributed by atoms with Gasteiger partial charge in [0.15, 0.2) is 0 Å². The highest BCUT2D eigenvalue weighted by molar-refractivity contribution is 6.31. The van der Waals surface area contributed by atoms with E-state index in [9.17, 15) is 14.9 Å². The van der Waals surface area contributed by atoms with Crippen molar-refractivity contribution in [2.75, 3.05) is 5.32 Å². The van der Waals surface area contributed by atoms with Crippen molar-refractivity contribution in [1.29, 1.82) is 0 Å². The molecule has 0 saturated carbocycles. The minimum absolute atomic E-state index is 0.0869. The zero-order chi connectivity index (χ0) is 19.0. The van der Waals surface area contributed by atoms with E-state index < -0.39 is 10.8 Å². The van der Waals surface area contributed by atoms with Crippen molar-refractivity contribution in [3.63, 3.8) is 0 Å². The summed E-state index contributed by atoms with van der Waals surface area (Å²) in [6.07, 6.45) is 4.88. The highest BCUT2D eigenvalue weighted by Crippen LogP contribution is 2.27. The first-order valence-corrected chi connectivity index (χ1v) is 8.27. The molecule has 4 rings (SSSR count). The Kier molecular flexibility index (Phi) is 4.09. The predicted octanol–water partition coefficient (Wildman–Crippen LogP) is 4.17. The molecule has 0 spiro atoms. The Morgan fingerprint density at radius 1 is 1.26 bits per heavy atom. The Morgan fingerprint density at radius 2 is 2.11 bits per heavy atom. The Balaban J connectivity index is 1.73. The first kappa shape index (κ1) is 16.8. The Morgan fingerprint density at radius 3 is 2.85 bits per heavy atom. The average Bonchev–Trinajstić information content (AvgIpc) is 3.31. The van der Waals surface area contributed by atoms with Gasteiger partial charge in [0.25, 0.3) is 11.6 Å². The molecule has 0 aliphatic heterocycles. The molecule has 0 atom stereocenters. The fourth-order valence-corrected chi connectivity index (χ4v) is 2.99. The first-order chi connectivity index (χ1) is 13.0. The molecule has 0 bridgehead atoms. The van der Waals surface area contributed by atoms with Crippen molar-refractivity contribution in [3.8, 4) is 5.69 Å². The highest BCUT2D eigenvalue weighted by atomic mass is 35.5. The van der Waals surface area contributed by atoms with Gasteiger partial charge in [-0.2, -0.15) is 5.10 Å². The van der Waals surface area contributed by atoms with Gasteiger partial charge in [-0.3, -0.25) is 14.9 Å². The highest BCUT2D eigenvalue weighted by Gasteiger charge is 2.17. The standard InChI is InChI=1S/C18H12ClN5O3/c19-11-2-5-17(23-7-1-6-21-23)16(8-11)22-18(25)14-10-20-15-4-3-12(24(26)27)9-13(14)15/h1-10,20H,(H,22,25). The van der Waals surface area contributed by atoms with Gasteiger partial charge in [0, 0.05) is 46.6 Å². The summed E-state index contributed by atoms with van der Waals surface area (Å²) in [6, 6.07) is 11.1. The third-order valence-electron chi connectivity index (χ3n) is 4.08. The van der Waals surface area contributed by atoms with Gasteiger partial charge >= 0.3 is 0 Å². The molecule has 2 aromatic heterocycles. The summed E-state index contributed by atoms with van der Waals surface area (Å²) in [5.74, 6) is -0.419. The van der Waals surface area contributed by atoms with Crippen molar-refractivity contribution in [3.05, 3.63) is 81.8 Å². The van der Waals surface area contributed by atoms with Crippen LogP contribution in [0.1, 0.15) is 10.4 Å². The molecule has 0 radical (unpaired) electrons. The van der Waals surface area contributed by atoms with Crippen LogP contribution in [0.5, 0.6) is 0 Å². The van der Waals surface area contributed by atoms with E-state index in [1.54, 1.807) is 47.4 Å². The molecule has 2 heterocycles. The molecular formula is C18H12ClN5O3. The number of nitrogens with zero attached hydrogens (tertiary/aromatic N) is 3. The molecule has 0 fully saturated rings. The number of amides is 1. The van der Waals surface area contributed by atoms with Gasteiger partial charge in [-0.15, -0.1) is 0 Å². The third-order valence-corrected chi connectivity index (χ3v) is 4.31. The Bertz CT molecular complexity index is 1170. The Hall–Kier alpha value is -3.65. The van der Waals surface area contributed by atoms with Gasteiger partial charge < -0.3 is 10.3 Å². The van der Waals surface area contributed by atoms with Crippen molar-refractivity contribution in [1.82, 2.24) is 14.8 Å². The number of rotatable bonds is 4. The molecule has 134 valence electrons. The first-order valence-electron chi connectivity index (χ1n) is 7.89. The van der Waals surface area contributed by atoms with E-state index in [-0.39, 0.29) is 5.69 Å². The summed E-state index contributed by atoms with van der Waals surface area (Å²) >= 11 is 6.08. The van der Waals surface area contributed by atoms with Crippen molar-refractivity contribution >= 4 is 39.8 Å². The lowest BCUT2D eigenvalue weighted by molar-refractivity contribution is -0.384. The third kappa shape index (κ3) is 3.13. The number of nitrogens with one attached hydrogen (secondary N) is 2. The number of fused-ring (bicyclic) bond motifs is 1. The van der Waals surface area contributed by atoms with Gasteiger partial charge in [0.1, 0.15) is 0 Å². The van der Waals surface area contributed by atoms with Gasteiger partial charge in [-0.05, 0) is 30.3 Å². The number of nitro groups is 1. The SMILES string of the molecule is O=C(Nc1cc(Cl)ccc1-n1cccn1)c1c[nH]c2ccc([N+](=O)[O-])cc12. The van der Waals surface area contributed by atoms with E-state index in [0.717, 1.165) is 0 Å². The minimum Gasteiger partial charge on any atom is -0.360 e.